The van der Waals surface area contributed by atoms with Crippen LogP contribution in [0.2, 0.25) is 0 Å². The molecular formula is C19H21NO2S. The third-order valence-electron chi connectivity index (χ3n) is 4.82. The highest BCUT2D eigenvalue weighted by atomic mass is 32.1. The lowest BCUT2D eigenvalue weighted by molar-refractivity contribution is -0.0228. The Bertz CT molecular complexity index is 695. The van der Waals surface area contributed by atoms with Crippen molar-refractivity contribution in [3.63, 3.8) is 0 Å². The van der Waals surface area contributed by atoms with Gasteiger partial charge in [-0.2, -0.15) is 0 Å². The van der Waals surface area contributed by atoms with E-state index in [1.54, 1.807) is 11.3 Å². The Morgan fingerprint density at radius 1 is 1.17 bits per heavy atom. The number of ether oxygens (including phenoxy) is 1. The van der Waals surface area contributed by atoms with Crippen LogP contribution in [0.3, 0.4) is 0 Å². The van der Waals surface area contributed by atoms with Crippen molar-refractivity contribution in [1.29, 1.82) is 0 Å². The number of fused-ring (bicyclic) bond motifs is 1. The molecule has 1 aliphatic heterocycles. The van der Waals surface area contributed by atoms with Crippen LogP contribution in [0.5, 0.6) is 0 Å². The molecule has 1 aromatic carbocycles. The van der Waals surface area contributed by atoms with E-state index >= 15 is 0 Å². The highest BCUT2D eigenvalue weighted by Crippen LogP contribution is 2.32. The predicted molar refractivity (Wildman–Crippen MR) is 92.0 cm³/mol. The summed E-state index contributed by atoms with van der Waals surface area (Å²) in [6.07, 6.45) is 4.66. The molecule has 2 aliphatic rings. The van der Waals surface area contributed by atoms with Crippen molar-refractivity contribution in [3.05, 3.63) is 57.3 Å². The number of carbonyl (C=O) groups is 1. The van der Waals surface area contributed by atoms with E-state index in [0.29, 0.717) is 19.7 Å². The molecule has 2 heterocycles. The van der Waals surface area contributed by atoms with Crippen molar-refractivity contribution in [2.45, 2.75) is 31.8 Å². The van der Waals surface area contributed by atoms with Crippen LogP contribution in [0.15, 0.2) is 35.7 Å². The van der Waals surface area contributed by atoms with Gasteiger partial charge in [0.25, 0.3) is 5.91 Å². The first kappa shape index (κ1) is 14.9. The Labute approximate surface area is 140 Å². The third kappa shape index (κ3) is 2.93. The third-order valence-corrected chi connectivity index (χ3v) is 5.91. The van der Waals surface area contributed by atoms with Crippen LogP contribution in [0.25, 0.3) is 0 Å². The molecule has 1 atom stereocenters. The van der Waals surface area contributed by atoms with Crippen LogP contribution in [0.1, 0.15) is 45.3 Å². The summed E-state index contributed by atoms with van der Waals surface area (Å²) >= 11 is 1.76. The van der Waals surface area contributed by atoms with Crippen molar-refractivity contribution < 1.29 is 9.53 Å². The summed E-state index contributed by atoms with van der Waals surface area (Å²) < 4.78 is 5.88. The first-order valence-electron chi connectivity index (χ1n) is 8.38. The van der Waals surface area contributed by atoms with Crippen LogP contribution in [0.4, 0.5) is 0 Å². The maximum atomic E-state index is 13.0. The standard InChI is InChI=1S/C19H21NO2S/c21-19(16-13-23-18-9-5-4-8-15(16)18)20-10-11-22-17(12-20)14-6-2-1-3-7-14/h1-3,6-7,13,17H,4-5,8-12H2/t17-/m0/s1. The van der Waals surface area contributed by atoms with E-state index in [1.807, 2.05) is 23.1 Å². The molecule has 0 unspecified atom stereocenters. The molecule has 1 saturated heterocycles. The minimum absolute atomic E-state index is 0.0108. The van der Waals surface area contributed by atoms with E-state index in [2.05, 4.69) is 17.5 Å². The summed E-state index contributed by atoms with van der Waals surface area (Å²) in [5.74, 6) is 0.189. The summed E-state index contributed by atoms with van der Waals surface area (Å²) in [6, 6.07) is 10.2. The molecular weight excluding hydrogens is 306 g/mol. The quantitative estimate of drug-likeness (QED) is 0.839. The van der Waals surface area contributed by atoms with Crippen LogP contribution in [-0.4, -0.2) is 30.5 Å². The Balaban J connectivity index is 1.53. The molecule has 1 aromatic heterocycles. The summed E-state index contributed by atoms with van der Waals surface area (Å²) in [5.41, 5.74) is 3.41. The number of benzene rings is 1. The molecule has 0 radical (unpaired) electrons. The highest BCUT2D eigenvalue weighted by Gasteiger charge is 2.29. The van der Waals surface area contributed by atoms with Gasteiger partial charge in [0, 0.05) is 16.8 Å². The van der Waals surface area contributed by atoms with Crippen LogP contribution in [0, 0.1) is 0 Å². The molecule has 0 N–H and O–H groups in total. The topological polar surface area (TPSA) is 29.5 Å². The minimum atomic E-state index is -0.0108. The normalized spacial score (nSPS) is 21.0. The summed E-state index contributed by atoms with van der Waals surface area (Å²) in [6.45, 7) is 1.94. The predicted octanol–water partition coefficient (Wildman–Crippen LogP) is 3.84. The summed E-state index contributed by atoms with van der Waals surface area (Å²) in [7, 11) is 0. The van der Waals surface area contributed by atoms with Gasteiger partial charge < -0.3 is 9.64 Å². The van der Waals surface area contributed by atoms with Crippen molar-refractivity contribution in [1.82, 2.24) is 4.90 Å². The number of hydrogen-bond donors (Lipinski definition) is 0. The van der Waals surface area contributed by atoms with Gasteiger partial charge in [-0.25, -0.2) is 0 Å². The average molecular weight is 327 g/mol. The Kier molecular flexibility index (Phi) is 4.19. The summed E-state index contributed by atoms with van der Waals surface area (Å²) in [5, 5.41) is 2.07. The van der Waals surface area contributed by atoms with Gasteiger partial charge in [-0.15, -0.1) is 11.3 Å². The largest absolute Gasteiger partial charge is 0.370 e. The number of rotatable bonds is 2. The van der Waals surface area contributed by atoms with E-state index in [4.69, 9.17) is 4.74 Å². The molecule has 1 aliphatic carbocycles. The number of hydrogen-bond acceptors (Lipinski definition) is 3. The first-order chi connectivity index (χ1) is 11.3. The van der Waals surface area contributed by atoms with E-state index in [-0.39, 0.29) is 12.0 Å². The van der Waals surface area contributed by atoms with Gasteiger partial charge in [-0.3, -0.25) is 4.79 Å². The van der Waals surface area contributed by atoms with Crippen molar-refractivity contribution >= 4 is 17.2 Å². The Hall–Kier alpha value is -1.65. The second-order valence-corrected chi connectivity index (χ2v) is 7.24. The molecule has 4 heteroatoms. The lowest BCUT2D eigenvalue weighted by atomic mass is 9.95. The molecule has 0 bridgehead atoms. The van der Waals surface area contributed by atoms with Crippen molar-refractivity contribution in [3.8, 4) is 0 Å². The molecule has 0 saturated carbocycles. The molecule has 23 heavy (non-hydrogen) atoms. The number of morpholine rings is 1. The molecule has 120 valence electrons. The van der Waals surface area contributed by atoms with Gasteiger partial charge in [-0.05, 0) is 36.8 Å². The fraction of sp³-hybridized carbons (Fsp3) is 0.421. The van der Waals surface area contributed by atoms with Crippen molar-refractivity contribution in [2.75, 3.05) is 19.7 Å². The number of nitrogens with zero attached hydrogens (tertiary/aromatic N) is 1. The fourth-order valence-electron chi connectivity index (χ4n) is 3.55. The molecule has 2 aromatic rings. The van der Waals surface area contributed by atoms with Gasteiger partial charge in [0.15, 0.2) is 0 Å². The monoisotopic (exact) mass is 327 g/mol. The molecule has 1 amide bonds. The second-order valence-electron chi connectivity index (χ2n) is 6.28. The zero-order valence-corrected chi connectivity index (χ0v) is 14.0. The lowest BCUT2D eigenvalue weighted by Gasteiger charge is -2.33. The van der Waals surface area contributed by atoms with Crippen LogP contribution in [-0.2, 0) is 17.6 Å². The van der Waals surface area contributed by atoms with Gasteiger partial charge in [0.05, 0.1) is 18.7 Å². The van der Waals surface area contributed by atoms with Gasteiger partial charge in [0.2, 0.25) is 0 Å². The number of thiophene rings is 1. The zero-order chi connectivity index (χ0) is 15.6. The van der Waals surface area contributed by atoms with E-state index in [1.165, 1.54) is 23.3 Å². The zero-order valence-electron chi connectivity index (χ0n) is 13.2. The van der Waals surface area contributed by atoms with Crippen LogP contribution >= 0.6 is 11.3 Å². The van der Waals surface area contributed by atoms with E-state index < -0.39 is 0 Å². The average Bonchev–Trinajstić information content (AvgIpc) is 3.06. The SMILES string of the molecule is O=C(c1csc2c1CCCC2)N1CCO[C@H](c2ccccc2)C1. The fourth-order valence-corrected chi connectivity index (χ4v) is 4.67. The number of aryl methyl sites for hydroxylation is 1. The maximum absolute atomic E-state index is 13.0. The second kappa shape index (κ2) is 6.46. The van der Waals surface area contributed by atoms with Crippen molar-refractivity contribution in [2.24, 2.45) is 0 Å². The minimum Gasteiger partial charge on any atom is -0.370 e. The number of carbonyl (C=O) groups excluding carboxylic acids is 1. The molecule has 1 fully saturated rings. The molecule has 3 nitrogen and oxygen atoms in total. The molecule has 0 spiro atoms. The molecule has 4 rings (SSSR count). The van der Waals surface area contributed by atoms with Gasteiger partial charge in [0.1, 0.15) is 6.10 Å². The van der Waals surface area contributed by atoms with Gasteiger partial charge >= 0.3 is 0 Å². The van der Waals surface area contributed by atoms with Crippen LogP contribution < -0.4 is 0 Å². The lowest BCUT2D eigenvalue weighted by Crippen LogP contribution is -2.42. The van der Waals surface area contributed by atoms with E-state index in [0.717, 1.165) is 24.0 Å². The van der Waals surface area contributed by atoms with E-state index in [9.17, 15) is 4.79 Å². The number of amides is 1. The van der Waals surface area contributed by atoms with Gasteiger partial charge in [-0.1, -0.05) is 30.3 Å². The maximum Gasteiger partial charge on any atom is 0.255 e. The summed E-state index contributed by atoms with van der Waals surface area (Å²) in [4.78, 5) is 16.4. The Morgan fingerprint density at radius 3 is 2.87 bits per heavy atom. The first-order valence-corrected chi connectivity index (χ1v) is 9.26. The Morgan fingerprint density at radius 2 is 2.00 bits per heavy atom. The highest BCUT2D eigenvalue weighted by molar-refractivity contribution is 7.10. The smallest absolute Gasteiger partial charge is 0.255 e.